The maximum atomic E-state index is 4.35. The number of halogens is 1. The van der Waals surface area contributed by atoms with Crippen LogP contribution < -0.4 is 0 Å². The van der Waals surface area contributed by atoms with Crippen molar-refractivity contribution in [3.63, 3.8) is 0 Å². The second-order valence-electron chi connectivity index (χ2n) is 4.03. The van der Waals surface area contributed by atoms with E-state index in [1.54, 1.807) is 0 Å². The van der Waals surface area contributed by atoms with E-state index < -0.39 is 0 Å². The first kappa shape index (κ1) is 13.7. The Balaban J connectivity index is 1.75. The van der Waals surface area contributed by atoms with Crippen LogP contribution in [-0.2, 0) is 0 Å². The first-order chi connectivity index (χ1) is 9.34. The maximum Gasteiger partial charge on any atom is 0.0585 e. The highest BCUT2D eigenvalue weighted by molar-refractivity contribution is 9.10. The molecule has 0 aliphatic heterocycles. The van der Waals surface area contributed by atoms with Gasteiger partial charge in [0.25, 0.3) is 0 Å². The lowest BCUT2D eigenvalue weighted by molar-refractivity contribution is 0.985. The van der Waals surface area contributed by atoms with E-state index in [2.05, 4.69) is 25.9 Å². The third-order valence-electron chi connectivity index (χ3n) is 2.51. The topological polar surface area (TPSA) is 24.7 Å². The molecular formula is C16H15BrN2. The van der Waals surface area contributed by atoms with E-state index in [4.69, 9.17) is 0 Å². The SMILES string of the molecule is Brc1ccc(/C=N/CC/N=C/c2ccccc2)cc1. The van der Waals surface area contributed by atoms with E-state index in [1.807, 2.05) is 67.0 Å². The summed E-state index contributed by atoms with van der Waals surface area (Å²) in [5, 5.41) is 0. The van der Waals surface area contributed by atoms with Crippen LogP contribution >= 0.6 is 15.9 Å². The number of aliphatic imine (C=N–C) groups is 2. The van der Waals surface area contributed by atoms with Crippen LogP contribution in [0, 0.1) is 0 Å². The summed E-state index contributed by atoms with van der Waals surface area (Å²) < 4.78 is 1.08. The summed E-state index contributed by atoms with van der Waals surface area (Å²) in [7, 11) is 0. The molecule has 96 valence electrons. The molecule has 2 aromatic carbocycles. The van der Waals surface area contributed by atoms with Crippen LogP contribution in [-0.4, -0.2) is 25.5 Å². The molecule has 0 heterocycles. The Morgan fingerprint density at radius 1 is 0.737 bits per heavy atom. The summed E-state index contributed by atoms with van der Waals surface area (Å²) in [5.41, 5.74) is 2.23. The van der Waals surface area contributed by atoms with E-state index in [9.17, 15) is 0 Å². The Labute approximate surface area is 122 Å². The molecule has 0 amide bonds. The van der Waals surface area contributed by atoms with E-state index >= 15 is 0 Å². The van der Waals surface area contributed by atoms with Gasteiger partial charge in [0.15, 0.2) is 0 Å². The number of nitrogens with zero attached hydrogens (tertiary/aromatic N) is 2. The third-order valence-corrected chi connectivity index (χ3v) is 3.04. The minimum Gasteiger partial charge on any atom is -0.291 e. The van der Waals surface area contributed by atoms with Crippen LogP contribution in [0.2, 0.25) is 0 Å². The normalized spacial score (nSPS) is 11.4. The van der Waals surface area contributed by atoms with Gasteiger partial charge in [0.2, 0.25) is 0 Å². The Morgan fingerprint density at radius 3 is 1.84 bits per heavy atom. The van der Waals surface area contributed by atoms with Gasteiger partial charge >= 0.3 is 0 Å². The zero-order valence-corrected chi connectivity index (χ0v) is 12.1. The molecule has 2 aromatic rings. The molecule has 2 rings (SSSR count). The summed E-state index contributed by atoms with van der Waals surface area (Å²) in [6.45, 7) is 1.42. The average Bonchev–Trinajstić information content (AvgIpc) is 2.46. The Bertz CT molecular complexity index is 545. The minimum atomic E-state index is 0.708. The lowest BCUT2D eigenvalue weighted by atomic mass is 10.2. The third kappa shape index (κ3) is 5.18. The van der Waals surface area contributed by atoms with Crippen molar-refractivity contribution in [1.82, 2.24) is 0 Å². The zero-order valence-electron chi connectivity index (χ0n) is 10.5. The molecule has 0 aliphatic carbocycles. The first-order valence-electron chi connectivity index (χ1n) is 6.15. The molecule has 3 heteroatoms. The van der Waals surface area contributed by atoms with Gasteiger partial charge in [-0.3, -0.25) is 9.98 Å². The Kier molecular flexibility index (Phi) is 5.50. The van der Waals surface area contributed by atoms with Crippen molar-refractivity contribution < 1.29 is 0 Å². The smallest absolute Gasteiger partial charge is 0.0585 e. The van der Waals surface area contributed by atoms with Gasteiger partial charge < -0.3 is 0 Å². The monoisotopic (exact) mass is 314 g/mol. The lowest BCUT2D eigenvalue weighted by Gasteiger charge is -1.94. The van der Waals surface area contributed by atoms with Crippen molar-refractivity contribution in [2.24, 2.45) is 9.98 Å². The van der Waals surface area contributed by atoms with Gasteiger partial charge in [0.1, 0.15) is 0 Å². The van der Waals surface area contributed by atoms with Crippen molar-refractivity contribution >= 4 is 28.4 Å². The minimum absolute atomic E-state index is 0.708. The van der Waals surface area contributed by atoms with Crippen LogP contribution in [0.5, 0.6) is 0 Å². The zero-order chi connectivity index (χ0) is 13.3. The molecule has 0 spiro atoms. The Morgan fingerprint density at radius 2 is 1.26 bits per heavy atom. The van der Waals surface area contributed by atoms with Gasteiger partial charge in [-0.1, -0.05) is 58.4 Å². The standard InChI is InChI=1S/C16H15BrN2/c17-16-8-6-15(7-9-16)13-19-11-10-18-12-14-4-2-1-3-5-14/h1-9,12-13H,10-11H2/b18-12+,19-13+. The van der Waals surface area contributed by atoms with Crippen molar-refractivity contribution in [2.45, 2.75) is 0 Å². The quantitative estimate of drug-likeness (QED) is 0.589. The van der Waals surface area contributed by atoms with Crippen LogP contribution in [0.3, 0.4) is 0 Å². The fraction of sp³-hybridized carbons (Fsp3) is 0.125. The number of rotatable bonds is 5. The summed E-state index contributed by atoms with van der Waals surface area (Å²) in [6.07, 6.45) is 3.76. The summed E-state index contributed by atoms with van der Waals surface area (Å²) in [4.78, 5) is 8.69. The first-order valence-corrected chi connectivity index (χ1v) is 6.94. The van der Waals surface area contributed by atoms with Crippen LogP contribution in [0.4, 0.5) is 0 Å². The van der Waals surface area contributed by atoms with E-state index in [1.165, 1.54) is 0 Å². The predicted octanol–water partition coefficient (Wildman–Crippen LogP) is 3.99. The lowest BCUT2D eigenvalue weighted by Crippen LogP contribution is -1.90. The van der Waals surface area contributed by atoms with E-state index in [-0.39, 0.29) is 0 Å². The van der Waals surface area contributed by atoms with Gasteiger partial charge in [0.05, 0.1) is 13.1 Å². The van der Waals surface area contributed by atoms with Gasteiger partial charge in [-0.15, -0.1) is 0 Å². The van der Waals surface area contributed by atoms with Crippen molar-refractivity contribution in [3.8, 4) is 0 Å². The molecule has 0 aromatic heterocycles. The number of hydrogen-bond acceptors (Lipinski definition) is 2. The summed E-state index contributed by atoms with van der Waals surface area (Å²) >= 11 is 3.41. The molecule has 0 atom stereocenters. The number of benzene rings is 2. The van der Waals surface area contributed by atoms with Gasteiger partial charge in [0, 0.05) is 16.9 Å². The van der Waals surface area contributed by atoms with Gasteiger partial charge in [-0.25, -0.2) is 0 Å². The molecule has 0 fully saturated rings. The van der Waals surface area contributed by atoms with Crippen molar-refractivity contribution in [3.05, 3.63) is 70.2 Å². The molecule has 0 unspecified atom stereocenters. The fourth-order valence-electron chi connectivity index (χ4n) is 1.54. The highest BCUT2D eigenvalue weighted by Crippen LogP contribution is 2.08. The molecular weight excluding hydrogens is 300 g/mol. The van der Waals surface area contributed by atoms with E-state index in [0.29, 0.717) is 13.1 Å². The van der Waals surface area contributed by atoms with Crippen LogP contribution in [0.25, 0.3) is 0 Å². The molecule has 19 heavy (non-hydrogen) atoms. The molecule has 0 N–H and O–H groups in total. The average molecular weight is 315 g/mol. The largest absolute Gasteiger partial charge is 0.291 e. The number of hydrogen-bond donors (Lipinski definition) is 0. The molecule has 0 saturated heterocycles. The molecule has 0 radical (unpaired) electrons. The highest BCUT2D eigenvalue weighted by atomic mass is 79.9. The fourth-order valence-corrected chi connectivity index (χ4v) is 1.81. The highest BCUT2D eigenvalue weighted by Gasteiger charge is 1.87. The van der Waals surface area contributed by atoms with E-state index in [0.717, 1.165) is 15.6 Å². The summed E-state index contributed by atoms with van der Waals surface area (Å²) in [6, 6.07) is 18.2. The summed E-state index contributed by atoms with van der Waals surface area (Å²) in [5.74, 6) is 0. The maximum absolute atomic E-state index is 4.35. The molecule has 0 saturated carbocycles. The van der Waals surface area contributed by atoms with Crippen LogP contribution in [0.1, 0.15) is 11.1 Å². The molecule has 0 aliphatic rings. The molecule has 2 nitrogen and oxygen atoms in total. The van der Waals surface area contributed by atoms with Crippen molar-refractivity contribution in [1.29, 1.82) is 0 Å². The van der Waals surface area contributed by atoms with Gasteiger partial charge in [-0.2, -0.15) is 0 Å². The van der Waals surface area contributed by atoms with Crippen molar-refractivity contribution in [2.75, 3.05) is 13.1 Å². The predicted molar refractivity (Wildman–Crippen MR) is 85.5 cm³/mol. The van der Waals surface area contributed by atoms with Gasteiger partial charge in [-0.05, 0) is 23.3 Å². The second kappa shape index (κ2) is 7.64. The van der Waals surface area contributed by atoms with Crippen LogP contribution in [0.15, 0.2) is 69.1 Å². The Hall–Kier alpha value is -1.74. The second-order valence-corrected chi connectivity index (χ2v) is 4.95. The molecule has 0 bridgehead atoms.